The van der Waals surface area contributed by atoms with Crippen molar-refractivity contribution in [2.24, 2.45) is 10.8 Å². The van der Waals surface area contributed by atoms with E-state index in [0.29, 0.717) is 11.4 Å². The van der Waals surface area contributed by atoms with Crippen molar-refractivity contribution in [2.45, 2.75) is 40.5 Å². The number of pyridine rings is 2. The van der Waals surface area contributed by atoms with E-state index in [1.165, 1.54) is 40.1 Å². The van der Waals surface area contributed by atoms with E-state index in [9.17, 15) is 19.2 Å². The van der Waals surface area contributed by atoms with Gasteiger partial charge in [0, 0.05) is 25.2 Å². The molecular formula is C22H26N4O4. The Bertz CT molecular complexity index is 847. The summed E-state index contributed by atoms with van der Waals surface area (Å²) in [5.41, 5.74) is -1.71. The quantitative estimate of drug-likeness (QED) is 0.614. The van der Waals surface area contributed by atoms with Gasteiger partial charge in [0.25, 0.3) is 0 Å². The molecule has 0 radical (unpaired) electrons. The molecule has 0 aliphatic carbocycles. The summed E-state index contributed by atoms with van der Waals surface area (Å²) in [6.45, 7) is 6.02. The molecular weight excluding hydrogens is 384 g/mol. The molecule has 8 nitrogen and oxygen atoms in total. The number of aromatic nitrogens is 2. The van der Waals surface area contributed by atoms with Crippen LogP contribution in [0.25, 0.3) is 0 Å². The van der Waals surface area contributed by atoms with E-state index in [1.807, 2.05) is 0 Å². The average molecular weight is 410 g/mol. The summed E-state index contributed by atoms with van der Waals surface area (Å²) in [7, 11) is 0. The normalized spacial score (nSPS) is 11.5. The smallest absolute Gasteiger partial charge is 0.237 e. The molecule has 2 aromatic heterocycles. The van der Waals surface area contributed by atoms with Crippen LogP contribution in [-0.4, -0.2) is 33.3 Å². The van der Waals surface area contributed by atoms with Gasteiger partial charge >= 0.3 is 0 Å². The van der Waals surface area contributed by atoms with Gasteiger partial charge in [-0.3, -0.25) is 29.1 Å². The molecule has 0 saturated heterocycles. The van der Waals surface area contributed by atoms with Crippen molar-refractivity contribution in [1.29, 1.82) is 0 Å². The van der Waals surface area contributed by atoms with Crippen molar-refractivity contribution >= 4 is 34.8 Å². The van der Waals surface area contributed by atoms with E-state index in [0.717, 1.165) is 0 Å². The molecule has 0 atom stereocenters. The Morgan fingerprint density at radius 1 is 0.733 bits per heavy atom. The van der Waals surface area contributed by atoms with Gasteiger partial charge in [-0.25, -0.2) is 0 Å². The Morgan fingerprint density at radius 2 is 1.10 bits per heavy atom. The topological polar surface area (TPSA) is 118 Å². The van der Waals surface area contributed by atoms with Gasteiger partial charge in [-0.15, -0.1) is 0 Å². The predicted octanol–water partition coefficient (Wildman–Crippen LogP) is 3.02. The number of amides is 2. The van der Waals surface area contributed by atoms with Crippen LogP contribution in [0.2, 0.25) is 0 Å². The monoisotopic (exact) mass is 410 g/mol. The van der Waals surface area contributed by atoms with E-state index < -0.39 is 22.6 Å². The molecule has 158 valence electrons. The molecule has 0 aliphatic heterocycles. The molecule has 30 heavy (non-hydrogen) atoms. The molecule has 2 rings (SSSR count). The van der Waals surface area contributed by atoms with Crippen LogP contribution in [0.15, 0.2) is 49.1 Å². The third-order valence-electron chi connectivity index (χ3n) is 4.95. The minimum atomic E-state index is -1.34. The molecule has 2 aromatic rings. The first-order valence-electron chi connectivity index (χ1n) is 9.54. The van der Waals surface area contributed by atoms with Crippen LogP contribution >= 0.6 is 0 Å². The lowest BCUT2D eigenvalue weighted by Gasteiger charge is -2.24. The average Bonchev–Trinajstić information content (AvgIpc) is 2.72. The first-order chi connectivity index (χ1) is 14.0. The summed E-state index contributed by atoms with van der Waals surface area (Å²) in [4.78, 5) is 58.2. The molecule has 8 heteroatoms. The molecule has 0 bridgehead atoms. The molecule has 0 aromatic carbocycles. The van der Waals surface area contributed by atoms with Crippen molar-refractivity contribution < 1.29 is 19.2 Å². The van der Waals surface area contributed by atoms with Gasteiger partial charge in [-0.05, 0) is 52.0 Å². The SMILES string of the molecule is CC(C)(C(=O)CCC(=O)C(C)(C)C(=O)Nc1cccnc1)C(=O)Nc1cccnc1. The zero-order chi connectivity index (χ0) is 22.4. The zero-order valence-corrected chi connectivity index (χ0v) is 17.6. The molecule has 2 heterocycles. The van der Waals surface area contributed by atoms with Crippen LogP contribution in [0.3, 0.4) is 0 Å². The van der Waals surface area contributed by atoms with Crippen molar-refractivity contribution in [3.63, 3.8) is 0 Å². The first-order valence-corrected chi connectivity index (χ1v) is 9.54. The predicted molar refractivity (Wildman–Crippen MR) is 113 cm³/mol. The molecule has 0 spiro atoms. The molecule has 2 amide bonds. The van der Waals surface area contributed by atoms with Crippen LogP contribution in [0, 0.1) is 10.8 Å². The van der Waals surface area contributed by atoms with Crippen molar-refractivity contribution in [2.75, 3.05) is 10.6 Å². The number of nitrogens with zero attached hydrogens (tertiary/aromatic N) is 2. The van der Waals surface area contributed by atoms with Gasteiger partial charge in [0.1, 0.15) is 22.4 Å². The summed E-state index contributed by atoms with van der Waals surface area (Å²) in [5.74, 6) is -1.75. The molecule has 0 aliphatic rings. The highest BCUT2D eigenvalue weighted by Crippen LogP contribution is 2.26. The van der Waals surface area contributed by atoms with Crippen LogP contribution in [0.1, 0.15) is 40.5 Å². The van der Waals surface area contributed by atoms with Crippen LogP contribution in [0.4, 0.5) is 11.4 Å². The molecule has 0 saturated carbocycles. The Labute approximate surface area is 175 Å². The number of Topliss-reactive ketones (excluding diaryl/α,β-unsaturated/α-hetero) is 2. The molecule has 0 fully saturated rings. The fourth-order valence-corrected chi connectivity index (χ4v) is 2.55. The lowest BCUT2D eigenvalue weighted by molar-refractivity contribution is -0.141. The van der Waals surface area contributed by atoms with Crippen molar-refractivity contribution in [3.05, 3.63) is 49.1 Å². The number of carbonyl (C=O) groups is 4. The van der Waals surface area contributed by atoms with Gasteiger partial charge in [-0.2, -0.15) is 0 Å². The largest absolute Gasteiger partial charge is 0.324 e. The number of nitrogens with one attached hydrogen (secondary N) is 2. The van der Waals surface area contributed by atoms with Gasteiger partial charge < -0.3 is 10.6 Å². The fraction of sp³-hybridized carbons (Fsp3) is 0.364. The summed E-state index contributed by atoms with van der Waals surface area (Å²) in [6.07, 6.45) is 5.82. The number of anilines is 2. The highest BCUT2D eigenvalue weighted by molar-refractivity contribution is 6.13. The zero-order valence-electron chi connectivity index (χ0n) is 17.6. The van der Waals surface area contributed by atoms with Gasteiger partial charge in [0.15, 0.2) is 0 Å². The van der Waals surface area contributed by atoms with Gasteiger partial charge in [-0.1, -0.05) is 0 Å². The number of hydrogen-bond donors (Lipinski definition) is 2. The maximum Gasteiger partial charge on any atom is 0.237 e. The second kappa shape index (κ2) is 9.39. The lowest BCUT2D eigenvalue weighted by Crippen LogP contribution is -2.40. The first kappa shape index (κ1) is 22.9. The minimum Gasteiger partial charge on any atom is -0.324 e. The number of hydrogen-bond acceptors (Lipinski definition) is 6. The summed E-state index contributed by atoms with van der Waals surface area (Å²) < 4.78 is 0. The van der Waals surface area contributed by atoms with Crippen LogP contribution in [0.5, 0.6) is 0 Å². The van der Waals surface area contributed by atoms with Gasteiger partial charge in [0.05, 0.1) is 23.8 Å². The van der Waals surface area contributed by atoms with Crippen LogP contribution in [-0.2, 0) is 19.2 Å². The summed E-state index contributed by atoms with van der Waals surface area (Å²) >= 11 is 0. The van der Waals surface area contributed by atoms with Crippen LogP contribution < -0.4 is 10.6 Å². The summed E-state index contributed by atoms with van der Waals surface area (Å²) in [6, 6.07) is 6.67. The Kier molecular flexibility index (Phi) is 7.15. The maximum atomic E-state index is 12.7. The third kappa shape index (κ3) is 5.56. The van der Waals surface area contributed by atoms with Gasteiger partial charge in [0.2, 0.25) is 11.8 Å². The van der Waals surface area contributed by atoms with Crippen molar-refractivity contribution in [3.8, 4) is 0 Å². The third-order valence-corrected chi connectivity index (χ3v) is 4.95. The van der Waals surface area contributed by atoms with E-state index in [2.05, 4.69) is 20.6 Å². The van der Waals surface area contributed by atoms with E-state index in [4.69, 9.17) is 0 Å². The summed E-state index contributed by atoms with van der Waals surface area (Å²) in [5, 5.41) is 5.30. The molecule has 0 unspecified atom stereocenters. The second-order valence-electron chi connectivity index (χ2n) is 7.99. The lowest BCUT2D eigenvalue weighted by atomic mass is 9.80. The Balaban J connectivity index is 1.95. The maximum absolute atomic E-state index is 12.7. The number of carbonyl (C=O) groups excluding carboxylic acids is 4. The van der Waals surface area contributed by atoms with E-state index in [-0.39, 0.29) is 24.4 Å². The Hall–Kier alpha value is -3.42. The second-order valence-corrected chi connectivity index (χ2v) is 7.99. The van der Waals surface area contributed by atoms with E-state index in [1.54, 1.807) is 36.7 Å². The van der Waals surface area contributed by atoms with E-state index >= 15 is 0 Å². The minimum absolute atomic E-state index is 0.143. The highest BCUT2D eigenvalue weighted by Gasteiger charge is 2.39. The Morgan fingerprint density at radius 3 is 1.40 bits per heavy atom. The van der Waals surface area contributed by atoms with Crippen molar-refractivity contribution in [1.82, 2.24) is 9.97 Å². The number of rotatable bonds is 9. The standard InChI is InChI=1S/C22H26N4O4/c1-21(2,19(29)25-15-7-5-11-23-13-15)17(27)9-10-18(28)22(3,4)20(30)26-16-8-6-12-24-14-16/h5-8,11-14H,9-10H2,1-4H3,(H,25,29)(H,26,30). The highest BCUT2D eigenvalue weighted by atomic mass is 16.2. The fourth-order valence-electron chi connectivity index (χ4n) is 2.55. The molecule has 2 N–H and O–H groups in total. The number of ketones is 2.